The topological polar surface area (TPSA) is 103 Å². The number of amides is 3. The van der Waals surface area contributed by atoms with E-state index in [2.05, 4.69) is 10.6 Å². The second-order valence-electron chi connectivity index (χ2n) is 5.60. The second kappa shape index (κ2) is 10.2. The maximum Gasteiger partial charge on any atom is 0.346 e. The van der Waals surface area contributed by atoms with Crippen LogP contribution < -0.4 is 20.1 Å². The summed E-state index contributed by atoms with van der Waals surface area (Å²) >= 11 is 0. The van der Waals surface area contributed by atoms with E-state index in [-0.39, 0.29) is 17.1 Å². The van der Waals surface area contributed by atoms with Gasteiger partial charge in [-0.15, -0.1) is 0 Å². The number of urea groups is 1. The molecule has 0 aliphatic carbocycles. The van der Waals surface area contributed by atoms with Crippen LogP contribution in [0.3, 0.4) is 0 Å². The highest BCUT2D eigenvalue weighted by Crippen LogP contribution is 2.28. The molecule has 0 saturated heterocycles. The van der Waals surface area contributed by atoms with Crippen molar-refractivity contribution in [3.8, 4) is 11.5 Å². The Morgan fingerprint density at radius 3 is 2.20 bits per heavy atom. The van der Waals surface area contributed by atoms with Gasteiger partial charge < -0.3 is 19.5 Å². The number of nitrogens with one attached hydrogen (secondary N) is 2. The van der Waals surface area contributed by atoms with Crippen molar-refractivity contribution in [1.82, 2.24) is 10.6 Å². The number of imide groups is 1. The van der Waals surface area contributed by atoms with E-state index in [1.165, 1.54) is 14.2 Å². The van der Waals surface area contributed by atoms with E-state index in [1.807, 2.05) is 13.8 Å². The fraction of sp³-hybridized carbons (Fsp3) is 0.471. The van der Waals surface area contributed by atoms with Crippen LogP contribution in [0.15, 0.2) is 18.2 Å². The number of carbonyl (C=O) groups is 3. The van der Waals surface area contributed by atoms with Crippen LogP contribution in [-0.4, -0.2) is 45.3 Å². The monoisotopic (exact) mass is 352 g/mol. The lowest BCUT2D eigenvalue weighted by Gasteiger charge is -2.12. The third-order valence-electron chi connectivity index (χ3n) is 3.23. The van der Waals surface area contributed by atoms with Gasteiger partial charge in [-0.3, -0.25) is 10.1 Å². The molecule has 0 heterocycles. The number of esters is 1. The van der Waals surface area contributed by atoms with Crippen LogP contribution in [0.1, 0.15) is 30.6 Å². The first kappa shape index (κ1) is 20.3. The number of ether oxygens (including phenoxy) is 3. The van der Waals surface area contributed by atoms with Gasteiger partial charge in [0.2, 0.25) is 0 Å². The number of rotatable bonds is 8. The van der Waals surface area contributed by atoms with Crippen LogP contribution in [0.25, 0.3) is 0 Å². The molecule has 8 nitrogen and oxygen atoms in total. The zero-order valence-electron chi connectivity index (χ0n) is 14.9. The molecule has 0 bridgehead atoms. The van der Waals surface area contributed by atoms with E-state index < -0.39 is 24.5 Å². The van der Waals surface area contributed by atoms with Gasteiger partial charge in [-0.2, -0.15) is 0 Å². The lowest BCUT2D eigenvalue weighted by atomic mass is 10.1. The summed E-state index contributed by atoms with van der Waals surface area (Å²) in [6.45, 7) is 3.90. The lowest BCUT2D eigenvalue weighted by molar-refractivity contribution is -0.123. The molecule has 25 heavy (non-hydrogen) atoms. The zero-order chi connectivity index (χ0) is 18.8. The molecule has 2 N–H and O–H groups in total. The van der Waals surface area contributed by atoms with Crippen LogP contribution in [-0.2, 0) is 9.53 Å². The Hall–Kier alpha value is -2.77. The van der Waals surface area contributed by atoms with Gasteiger partial charge in [-0.1, -0.05) is 19.9 Å². The number of methoxy groups -OCH3 is 2. The molecule has 0 fully saturated rings. The smallest absolute Gasteiger partial charge is 0.346 e. The molecule has 0 saturated carbocycles. The minimum absolute atomic E-state index is 0.0710. The van der Waals surface area contributed by atoms with E-state index in [9.17, 15) is 14.4 Å². The van der Waals surface area contributed by atoms with Crippen molar-refractivity contribution >= 4 is 17.9 Å². The minimum Gasteiger partial charge on any atom is -0.496 e. The number of hydrogen-bond donors (Lipinski definition) is 2. The second-order valence-corrected chi connectivity index (χ2v) is 5.60. The summed E-state index contributed by atoms with van der Waals surface area (Å²) in [6, 6.07) is 4.17. The van der Waals surface area contributed by atoms with Crippen LogP contribution >= 0.6 is 0 Å². The maximum absolute atomic E-state index is 12.2. The highest BCUT2D eigenvalue weighted by molar-refractivity contribution is 5.99. The molecule has 3 amide bonds. The molecular formula is C17H24N2O6. The normalized spacial score (nSPS) is 10.1. The summed E-state index contributed by atoms with van der Waals surface area (Å²) < 4.78 is 15.1. The molecule has 0 unspecified atom stereocenters. The summed E-state index contributed by atoms with van der Waals surface area (Å²) in [5.74, 6) is -0.561. The summed E-state index contributed by atoms with van der Waals surface area (Å²) in [4.78, 5) is 35.4. The number of carbonyl (C=O) groups excluding carboxylic acids is 3. The van der Waals surface area contributed by atoms with Crippen molar-refractivity contribution in [1.29, 1.82) is 0 Å². The van der Waals surface area contributed by atoms with Crippen molar-refractivity contribution < 1.29 is 28.6 Å². The van der Waals surface area contributed by atoms with E-state index >= 15 is 0 Å². The van der Waals surface area contributed by atoms with Crippen molar-refractivity contribution in [2.45, 2.75) is 20.3 Å². The molecular weight excluding hydrogens is 328 g/mol. The first-order chi connectivity index (χ1) is 11.9. The minimum atomic E-state index is -0.787. The van der Waals surface area contributed by atoms with Crippen LogP contribution in [0, 0.1) is 5.92 Å². The molecule has 8 heteroatoms. The molecule has 1 aromatic rings. The Morgan fingerprint density at radius 2 is 1.68 bits per heavy atom. The van der Waals surface area contributed by atoms with E-state index in [0.29, 0.717) is 12.5 Å². The van der Waals surface area contributed by atoms with Crippen LogP contribution in [0.5, 0.6) is 11.5 Å². The lowest BCUT2D eigenvalue weighted by Crippen LogP contribution is -2.42. The molecule has 1 rings (SSSR count). The third kappa shape index (κ3) is 6.70. The van der Waals surface area contributed by atoms with Gasteiger partial charge in [0.1, 0.15) is 17.1 Å². The molecule has 0 aliphatic heterocycles. The maximum atomic E-state index is 12.2. The van der Waals surface area contributed by atoms with Gasteiger partial charge in [0.25, 0.3) is 5.91 Å². The summed E-state index contributed by atoms with van der Waals surface area (Å²) in [5, 5.41) is 4.64. The number of hydrogen-bond acceptors (Lipinski definition) is 6. The molecule has 0 atom stereocenters. The Kier molecular flexibility index (Phi) is 8.25. The highest BCUT2D eigenvalue weighted by atomic mass is 16.5. The first-order valence-corrected chi connectivity index (χ1v) is 7.84. The molecule has 138 valence electrons. The Bertz CT molecular complexity index is 593. The van der Waals surface area contributed by atoms with Gasteiger partial charge in [0.15, 0.2) is 6.61 Å². The average Bonchev–Trinajstić information content (AvgIpc) is 2.58. The third-order valence-corrected chi connectivity index (χ3v) is 3.23. The predicted octanol–water partition coefficient (Wildman–Crippen LogP) is 1.73. The molecule has 0 aliphatic rings. The molecule has 1 aromatic carbocycles. The summed E-state index contributed by atoms with van der Waals surface area (Å²) in [6.07, 6.45) is 0.796. The van der Waals surface area contributed by atoms with E-state index in [0.717, 1.165) is 6.42 Å². The Morgan fingerprint density at radius 1 is 1.08 bits per heavy atom. The summed E-state index contributed by atoms with van der Waals surface area (Å²) in [7, 11) is 2.81. The fourth-order valence-electron chi connectivity index (χ4n) is 1.94. The largest absolute Gasteiger partial charge is 0.496 e. The van der Waals surface area contributed by atoms with Gasteiger partial charge in [-0.25, -0.2) is 9.59 Å². The SMILES string of the molecule is COc1cccc(OC)c1C(=O)OCC(=O)NC(=O)NCCC(C)C. The van der Waals surface area contributed by atoms with Crippen LogP contribution in [0.2, 0.25) is 0 Å². The van der Waals surface area contributed by atoms with Crippen molar-refractivity contribution in [2.75, 3.05) is 27.4 Å². The molecule has 0 spiro atoms. The Balaban J connectivity index is 2.54. The van der Waals surface area contributed by atoms with E-state index in [1.54, 1.807) is 18.2 Å². The quantitative estimate of drug-likeness (QED) is 0.691. The van der Waals surface area contributed by atoms with Crippen molar-refractivity contribution in [3.05, 3.63) is 23.8 Å². The van der Waals surface area contributed by atoms with Gasteiger partial charge in [0.05, 0.1) is 14.2 Å². The first-order valence-electron chi connectivity index (χ1n) is 7.84. The summed E-state index contributed by atoms with van der Waals surface area (Å²) in [5.41, 5.74) is 0.0710. The Labute approximate surface area is 146 Å². The van der Waals surface area contributed by atoms with Gasteiger partial charge in [-0.05, 0) is 24.5 Å². The van der Waals surface area contributed by atoms with Crippen molar-refractivity contribution in [2.24, 2.45) is 5.92 Å². The van der Waals surface area contributed by atoms with Crippen molar-refractivity contribution in [3.63, 3.8) is 0 Å². The van der Waals surface area contributed by atoms with Gasteiger partial charge >= 0.3 is 12.0 Å². The predicted molar refractivity (Wildman–Crippen MR) is 90.8 cm³/mol. The number of benzene rings is 1. The standard InChI is InChI=1S/C17H24N2O6/c1-11(2)8-9-18-17(22)19-14(20)10-25-16(21)15-12(23-3)6-5-7-13(15)24-4/h5-7,11H,8-10H2,1-4H3,(H2,18,19,20,22). The van der Waals surface area contributed by atoms with Crippen LogP contribution in [0.4, 0.5) is 4.79 Å². The highest BCUT2D eigenvalue weighted by Gasteiger charge is 2.21. The molecule has 0 radical (unpaired) electrons. The average molecular weight is 352 g/mol. The zero-order valence-corrected chi connectivity index (χ0v) is 14.9. The molecule has 0 aromatic heterocycles. The fourth-order valence-corrected chi connectivity index (χ4v) is 1.94. The van der Waals surface area contributed by atoms with E-state index in [4.69, 9.17) is 14.2 Å². The van der Waals surface area contributed by atoms with Gasteiger partial charge in [0, 0.05) is 6.54 Å².